The number of nitrogens with two attached hydrogens (primary N) is 1. The maximum Gasteiger partial charge on any atom is 0.235 e. The molecule has 19 heavy (non-hydrogen) atoms. The van der Waals surface area contributed by atoms with Crippen LogP contribution >= 0.6 is 0 Å². The number of ether oxygens (including phenoxy) is 1. The summed E-state index contributed by atoms with van der Waals surface area (Å²) in [6.07, 6.45) is 1.42. The van der Waals surface area contributed by atoms with Gasteiger partial charge in [-0.15, -0.1) is 0 Å². The van der Waals surface area contributed by atoms with Crippen LogP contribution in [-0.4, -0.2) is 20.2 Å². The highest BCUT2D eigenvalue weighted by Crippen LogP contribution is 2.28. The molecule has 0 aliphatic heterocycles. The second-order valence-electron chi connectivity index (χ2n) is 3.70. The minimum absolute atomic E-state index is 0.0433. The van der Waals surface area contributed by atoms with Gasteiger partial charge in [-0.1, -0.05) is 0 Å². The second-order valence-corrected chi connectivity index (χ2v) is 3.70. The van der Waals surface area contributed by atoms with Crippen LogP contribution in [-0.2, 0) is 0 Å². The van der Waals surface area contributed by atoms with Crippen LogP contribution < -0.4 is 10.5 Å². The Kier molecular flexibility index (Phi) is 2.48. The summed E-state index contributed by atoms with van der Waals surface area (Å²) < 4.78 is 31.6. The Morgan fingerprint density at radius 3 is 2.84 bits per heavy atom. The fraction of sp³-hybridized carbons (Fsp3) is 0. The summed E-state index contributed by atoms with van der Waals surface area (Å²) in [5.74, 6) is -1.70. The zero-order chi connectivity index (χ0) is 13.4. The molecule has 0 atom stereocenters. The number of nitrogen functional groups attached to an aromatic ring is 1. The van der Waals surface area contributed by atoms with Gasteiger partial charge < -0.3 is 10.5 Å². The number of nitrogens with one attached hydrogen (secondary N) is 1. The average Bonchev–Trinajstić information content (AvgIpc) is 2.80. The minimum Gasteiger partial charge on any atom is -0.435 e. The highest BCUT2D eigenvalue weighted by atomic mass is 19.1. The predicted octanol–water partition coefficient (Wildman–Crippen LogP) is 2.01. The lowest BCUT2D eigenvalue weighted by atomic mass is 10.3. The van der Waals surface area contributed by atoms with Crippen LogP contribution in [0.1, 0.15) is 0 Å². The van der Waals surface area contributed by atoms with E-state index in [1.54, 1.807) is 0 Å². The normalized spacial score (nSPS) is 10.8. The SMILES string of the molecule is Nc1nc(Oc2ccc(F)cc2F)c2cn[nH]c2n1. The number of rotatable bonds is 2. The van der Waals surface area contributed by atoms with E-state index in [4.69, 9.17) is 10.5 Å². The van der Waals surface area contributed by atoms with Gasteiger partial charge in [-0.05, 0) is 12.1 Å². The van der Waals surface area contributed by atoms with Gasteiger partial charge in [0.25, 0.3) is 0 Å². The summed E-state index contributed by atoms with van der Waals surface area (Å²) in [5.41, 5.74) is 5.86. The van der Waals surface area contributed by atoms with Crippen LogP contribution in [0.25, 0.3) is 11.0 Å². The summed E-state index contributed by atoms with van der Waals surface area (Å²) in [4.78, 5) is 7.75. The number of nitrogens with zero attached hydrogens (tertiary/aromatic N) is 3. The lowest BCUT2D eigenvalue weighted by molar-refractivity contribution is 0.428. The maximum atomic E-state index is 13.5. The Balaban J connectivity index is 2.07. The summed E-state index contributed by atoms with van der Waals surface area (Å²) in [5, 5.41) is 6.80. The molecule has 0 aliphatic carbocycles. The first-order valence-corrected chi connectivity index (χ1v) is 5.23. The molecule has 2 heterocycles. The van der Waals surface area contributed by atoms with Crippen molar-refractivity contribution in [2.75, 3.05) is 5.73 Å². The van der Waals surface area contributed by atoms with Crippen LogP contribution in [0.3, 0.4) is 0 Å². The smallest absolute Gasteiger partial charge is 0.235 e. The predicted molar refractivity (Wildman–Crippen MR) is 62.5 cm³/mol. The van der Waals surface area contributed by atoms with Crippen LogP contribution in [0.2, 0.25) is 0 Å². The molecular formula is C11H7F2N5O. The number of aromatic nitrogens is 4. The molecule has 0 radical (unpaired) electrons. The van der Waals surface area contributed by atoms with Crippen molar-refractivity contribution < 1.29 is 13.5 Å². The highest BCUT2D eigenvalue weighted by Gasteiger charge is 2.13. The third-order valence-corrected chi connectivity index (χ3v) is 2.39. The van der Waals surface area contributed by atoms with Gasteiger partial charge >= 0.3 is 0 Å². The molecule has 0 amide bonds. The van der Waals surface area contributed by atoms with Crippen molar-refractivity contribution in [3.05, 3.63) is 36.0 Å². The maximum absolute atomic E-state index is 13.5. The van der Waals surface area contributed by atoms with Crippen molar-refractivity contribution >= 4 is 17.0 Å². The lowest BCUT2D eigenvalue weighted by Gasteiger charge is -2.06. The van der Waals surface area contributed by atoms with E-state index in [9.17, 15) is 8.78 Å². The Hall–Kier alpha value is -2.77. The van der Waals surface area contributed by atoms with Crippen LogP contribution in [0.5, 0.6) is 11.6 Å². The van der Waals surface area contributed by atoms with Gasteiger partial charge in [-0.3, -0.25) is 5.10 Å². The number of anilines is 1. The van der Waals surface area contributed by atoms with Gasteiger partial charge in [0, 0.05) is 6.07 Å². The average molecular weight is 263 g/mol. The number of aromatic amines is 1. The molecule has 96 valence electrons. The topological polar surface area (TPSA) is 89.7 Å². The van der Waals surface area contributed by atoms with Gasteiger partial charge in [-0.2, -0.15) is 15.1 Å². The van der Waals surface area contributed by atoms with Gasteiger partial charge in [0.2, 0.25) is 11.8 Å². The van der Waals surface area contributed by atoms with Crippen molar-refractivity contribution in [2.24, 2.45) is 0 Å². The van der Waals surface area contributed by atoms with Crippen molar-refractivity contribution in [3.8, 4) is 11.6 Å². The Morgan fingerprint density at radius 2 is 2.05 bits per heavy atom. The third kappa shape index (κ3) is 2.03. The number of hydrogen-bond acceptors (Lipinski definition) is 5. The van der Waals surface area contributed by atoms with Crippen LogP contribution in [0.4, 0.5) is 14.7 Å². The van der Waals surface area contributed by atoms with E-state index in [0.717, 1.165) is 12.1 Å². The molecule has 0 saturated heterocycles. The van der Waals surface area contributed by atoms with E-state index in [-0.39, 0.29) is 17.6 Å². The minimum atomic E-state index is -0.839. The zero-order valence-corrected chi connectivity index (χ0v) is 9.39. The molecule has 0 unspecified atom stereocenters. The van der Waals surface area contributed by atoms with Crippen molar-refractivity contribution in [1.82, 2.24) is 20.2 Å². The quantitative estimate of drug-likeness (QED) is 0.738. The molecular weight excluding hydrogens is 256 g/mol. The van der Waals surface area contributed by atoms with E-state index in [1.165, 1.54) is 6.20 Å². The molecule has 0 saturated carbocycles. The number of halogens is 2. The molecule has 3 N–H and O–H groups in total. The Labute approximate surface area is 105 Å². The molecule has 3 aromatic rings. The largest absolute Gasteiger partial charge is 0.435 e. The summed E-state index contributed by atoms with van der Waals surface area (Å²) in [6.45, 7) is 0. The zero-order valence-electron chi connectivity index (χ0n) is 9.39. The number of benzene rings is 1. The van der Waals surface area contributed by atoms with Gasteiger partial charge in [0.05, 0.1) is 6.20 Å². The molecule has 6 nitrogen and oxygen atoms in total. The summed E-state index contributed by atoms with van der Waals surface area (Å²) >= 11 is 0. The third-order valence-electron chi connectivity index (χ3n) is 2.39. The fourth-order valence-corrected chi connectivity index (χ4v) is 1.56. The lowest BCUT2D eigenvalue weighted by Crippen LogP contribution is -1.99. The fourth-order valence-electron chi connectivity index (χ4n) is 1.56. The van der Waals surface area contributed by atoms with Gasteiger partial charge in [0.15, 0.2) is 17.2 Å². The molecule has 1 aromatic carbocycles. The first-order chi connectivity index (χ1) is 9.13. The first-order valence-electron chi connectivity index (χ1n) is 5.23. The Bertz CT molecular complexity index is 758. The van der Waals surface area contributed by atoms with Crippen LogP contribution in [0, 0.1) is 11.6 Å². The van der Waals surface area contributed by atoms with E-state index >= 15 is 0 Å². The van der Waals surface area contributed by atoms with Crippen molar-refractivity contribution in [3.63, 3.8) is 0 Å². The molecule has 0 spiro atoms. The van der Waals surface area contributed by atoms with E-state index in [0.29, 0.717) is 17.1 Å². The Morgan fingerprint density at radius 1 is 1.21 bits per heavy atom. The molecule has 0 bridgehead atoms. The van der Waals surface area contributed by atoms with E-state index in [2.05, 4.69) is 20.2 Å². The van der Waals surface area contributed by atoms with Gasteiger partial charge in [-0.25, -0.2) is 8.78 Å². The second kappa shape index (κ2) is 4.16. The standard InChI is InChI=1S/C11H7F2N5O/c12-5-1-2-8(7(13)3-5)19-10-6-4-15-18-9(6)16-11(14)17-10/h1-4H,(H3,14,15,16,17,18). The summed E-state index contributed by atoms with van der Waals surface area (Å²) in [6, 6.07) is 2.96. The molecule has 8 heteroatoms. The van der Waals surface area contributed by atoms with Gasteiger partial charge in [0.1, 0.15) is 11.2 Å². The molecule has 0 aliphatic rings. The number of hydrogen-bond donors (Lipinski definition) is 2. The van der Waals surface area contributed by atoms with E-state index in [1.807, 2.05) is 0 Å². The summed E-state index contributed by atoms with van der Waals surface area (Å²) in [7, 11) is 0. The first kappa shape index (κ1) is 11.3. The van der Waals surface area contributed by atoms with Crippen molar-refractivity contribution in [1.29, 1.82) is 0 Å². The molecule has 3 rings (SSSR count). The number of fused-ring (bicyclic) bond motifs is 1. The van der Waals surface area contributed by atoms with E-state index < -0.39 is 11.6 Å². The van der Waals surface area contributed by atoms with Crippen LogP contribution in [0.15, 0.2) is 24.4 Å². The highest BCUT2D eigenvalue weighted by molar-refractivity contribution is 5.80. The van der Waals surface area contributed by atoms with Crippen molar-refractivity contribution in [2.45, 2.75) is 0 Å². The number of H-pyrrole nitrogens is 1. The molecule has 0 fully saturated rings. The molecule has 2 aromatic heterocycles. The monoisotopic (exact) mass is 263 g/mol.